The molecule has 0 aliphatic rings. The van der Waals surface area contributed by atoms with Gasteiger partial charge in [-0.2, -0.15) is 0 Å². The van der Waals surface area contributed by atoms with Crippen LogP contribution >= 0.6 is 0 Å². The maximum Gasteiger partial charge on any atom is 0.258 e. The molecule has 0 spiro atoms. The molecule has 0 unspecified atom stereocenters. The second-order valence-electron chi connectivity index (χ2n) is 6.76. The van der Waals surface area contributed by atoms with E-state index in [0.29, 0.717) is 18.6 Å². The lowest BCUT2D eigenvalue weighted by molar-refractivity contribution is 0.0992. The van der Waals surface area contributed by atoms with Crippen LogP contribution in [0.4, 0.5) is 10.1 Å². The Labute approximate surface area is 170 Å². The van der Waals surface area contributed by atoms with Gasteiger partial charge in [-0.3, -0.25) is 9.78 Å². The fourth-order valence-corrected chi connectivity index (χ4v) is 3.02. The Morgan fingerprint density at radius 3 is 2.79 bits per heavy atom. The van der Waals surface area contributed by atoms with Gasteiger partial charge in [0.2, 0.25) is 0 Å². The molecule has 1 aromatic heterocycles. The number of nitrogens with zero attached hydrogens (tertiary/aromatic N) is 2. The van der Waals surface area contributed by atoms with Gasteiger partial charge in [-0.15, -0.1) is 0 Å². The summed E-state index contributed by atoms with van der Waals surface area (Å²) in [6.07, 6.45) is 8.68. The largest absolute Gasteiger partial charge is 0.490 e. The number of benzene rings is 2. The summed E-state index contributed by atoms with van der Waals surface area (Å²) in [4.78, 5) is 18.5. The van der Waals surface area contributed by atoms with Gasteiger partial charge in [0.1, 0.15) is 0 Å². The van der Waals surface area contributed by atoms with E-state index in [4.69, 9.17) is 4.74 Å². The highest BCUT2D eigenvalue weighted by molar-refractivity contribution is 6.07. The van der Waals surface area contributed by atoms with Gasteiger partial charge in [-0.1, -0.05) is 37.6 Å². The number of rotatable bonds is 8. The average molecular weight is 392 g/mol. The van der Waals surface area contributed by atoms with E-state index < -0.39 is 5.82 Å². The number of aromatic nitrogens is 1. The molecule has 3 rings (SSSR count). The van der Waals surface area contributed by atoms with E-state index in [9.17, 15) is 9.18 Å². The van der Waals surface area contributed by atoms with Crippen molar-refractivity contribution < 1.29 is 13.9 Å². The topological polar surface area (TPSA) is 42.4 Å². The fraction of sp³-hybridized carbons (Fsp3) is 0.250. The van der Waals surface area contributed by atoms with E-state index in [2.05, 4.69) is 18.0 Å². The summed E-state index contributed by atoms with van der Waals surface area (Å²) in [6.45, 7) is 2.50. The summed E-state index contributed by atoms with van der Waals surface area (Å²) in [5.41, 5.74) is 1.46. The molecule has 0 atom stereocenters. The molecule has 0 bridgehead atoms. The van der Waals surface area contributed by atoms with Crippen LogP contribution in [0.1, 0.15) is 36.5 Å². The minimum Gasteiger partial charge on any atom is -0.490 e. The zero-order valence-electron chi connectivity index (χ0n) is 16.8. The summed E-state index contributed by atoms with van der Waals surface area (Å²) >= 11 is 0. The maximum atomic E-state index is 14.9. The van der Waals surface area contributed by atoms with Gasteiger partial charge in [0, 0.05) is 24.2 Å². The van der Waals surface area contributed by atoms with Crippen LogP contribution in [0.25, 0.3) is 10.9 Å². The molecule has 0 saturated heterocycles. The number of pyridine rings is 1. The van der Waals surface area contributed by atoms with Crippen LogP contribution in [0.3, 0.4) is 0 Å². The van der Waals surface area contributed by atoms with Gasteiger partial charge in [-0.25, -0.2) is 4.39 Å². The SMILES string of the molecule is CCCC=CCCOc1cccc(N(C)C(=O)c2ccc3ncccc3c2)c1F. The number of halogens is 1. The first kappa shape index (κ1) is 20.5. The van der Waals surface area contributed by atoms with Gasteiger partial charge >= 0.3 is 0 Å². The van der Waals surface area contributed by atoms with Crippen LogP contribution in [0.15, 0.2) is 66.9 Å². The number of fused-ring (bicyclic) bond motifs is 1. The van der Waals surface area contributed by atoms with Crippen molar-refractivity contribution in [3.63, 3.8) is 0 Å². The number of ether oxygens (including phenoxy) is 1. The molecule has 0 radical (unpaired) electrons. The molecule has 5 heteroatoms. The quantitative estimate of drug-likeness (QED) is 0.361. The monoisotopic (exact) mass is 392 g/mol. The standard InChI is InChI=1S/C24H25FN2O2/c1-3-4-5-6-7-16-29-22-12-8-11-21(23(22)25)27(2)24(28)19-13-14-20-18(17-19)10-9-15-26-20/h5-6,8-15,17H,3-4,7,16H2,1-2H3. The first-order chi connectivity index (χ1) is 14.1. The van der Waals surface area contributed by atoms with Crippen LogP contribution in [0, 0.1) is 5.82 Å². The zero-order chi connectivity index (χ0) is 20.6. The van der Waals surface area contributed by atoms with E-state index in [0.717, 1.165) is 23.7 Å². The smallest absolute Gasteiger partial charge is 0.258 e. The van der Waals surface area contributed by atoms with Crippen molar-refractivity contribution in [3.8, 4) is 5.75 Å². The highest BCUT2D eigenvalue weighted by Gasteiger charge is 2.19. The predicted octanol–water partition coefficient (Wildman–Crippen LogP) is 5.78. The molecule has 1 heterocycles. The van der Waals surface area contributed by atoms with E-state index in [-0.39, 0.29) is 17.3 Å². The summed E-state index contributed by atoms with van der Waals surface area (Å²) < 4.78 is 20.5. The normalized spacial score (nSPS) is 11.1. The van der Waals surface area contributed by atoms with Gasteiger partial charge in [-0.05, 0) is 49.2 Å². The van der Waals surface area contributed by atoms with E-state index in [1.165, 1.54) is 4.90 Å². The summed E-state index contributed by atoms with van der Waals surface area (Å²) in [6, 6.07) is 13.8. The Bertz CT molecular complexity index is 1020. The average Bonchev–Trinajstić information content (AvgIpc) is 2.76. The molecule has 4 nitrogen and oxygen atoms in total. The van der Waals surface area contributed by atoms with Crippen molar-refractivity contribution in [2.45, 2.75) is 26.2 Å². The molecule has 0 fully saturated rings. The van der Waals surface area contributed by atoms with Crippen LogP contribution in [0.2, 0.25) is 0 Å². The van der Waals surface area contributed by atoms with Crippen molar-refractivity contribution >= 4 is 22.5 Å². The Kier molecular flexibility index (Phi) is 6.95. The summed E-state index contributed by atoms with van der Waals surface area (Å²) in [5.74, 6) is -0.689. The Morgan fingerprint density at radius 2 is 1.97 bits per heavy atom. The molecule has 0 aliphatic carbocycles. The number of allylic oxidation sites excluding steroid dienone is 1. The van der Waals surface area contributed by atoms with E-state index in [1.54, 1.807) is 49.6 Å². The van der Waals surface area contributed by atoms with Gasteiger partial charge < -0.3 is 9.64 Å². The van der Waals surface area contributed by atoms with Crippen LogP contribution in [-0.2, 0) is 0 Å². The molecular weight excluding hydrogens is 367 g/mol. The molecule has 29 heavy (non-hydrogen) atoms. The number of hydrogen-bond acceptors (Lipinski definition) is 3. The Hall–Kier alpha value is -3.21. The lowest BCUT2D eigenvalue weighted by Crippen LogP contribution is -2.27. The number of unbranched alkanes of at least 4 members (excludes halogenated alkanes) is 1. The molecular formula is C24H25FN2O2. The van der Waals surface area contributed by atoms with Crippen LogP contribution in [-0.4, -0.2) is 24.5 Å². The summed E-state index contributed by atoms with van der Waals surface area (Å²) in [5, 5.41) is 0.862. The number of hydrogen-bond donors (Lipinski definition) is 0. The van der Waals surface area contributed by atoms with Crippen molar-refractivity contribution in [3.05, 3.63) is 78.3 Å². The summed E-state index contributed by atoms with van der Waals surface area (Å²) in [7, 11) is 1.56. The second-order valence-corrected chi connectivity index (χ2v) is 6.76. The van der Waals surface area contributed by atoms with E-state index in [1.807, 2.05) is 18.2 Å². The Morgan fingerprint density at radius 1 is 1.14 bits per heavy atom. The molecule has 150 valence electrons. The van der Waals surface area contributed by atoms with Crippen LogP contribution < -0.4 is 9.64 Å². The van der Waals surface area contributed by atoms with Crippen molar-refractivity contribution in [1.82, 2.24) is 4.98 Å². The highest BCUT2D eigenvalue weighted by Crippen LogP contribution is 2.28. The molecule has 0 N–H and O–H groups in total. The fourth-order valence-electron chi connectivity index (χ4n) is 3.02. The first-order valence-electron chi connectivity index (χ1n) is 9.81. The second kappa shape index (κ2) is 9.82. The first-order valence-corrected chi connectivity index (χ1v) is 9.81. The van der Waals surface area contributed by atoms with Crippen molar-refractivity contribution in [1.29, 1.82) is 0 Å². The third kappa shape index (κ3) is 4.99. The highest BCUT2D eigenvalue weighted by atomic mass is 19.1. The van der Waals surface area contributed by atoms with Gasteiger partial charge in [0.25, 0.3) is 5.91 Å². The van der Waals surface area contributed by atoms with Crippen LogP contribution in [0.5, 0.6) is 5.75 Å². The lowest BCUT2D eigenvalue weighted by atomic mass is 10.1. The van der Waals surface area contributed by atoms with Crippen molar-refractivity contribution in [2.24, 2.45) is 0 Å². The molecule has 0 aliphatic heterocycles. The molecule has 3 aromatic rings. The minimum absolute atomic E-state index is 0.147. The number of amides is 1. The third-order valence-corrected chi connectivity index (χ3v) is 4.62. The number of carbonyl (C=O) groups excluding carboxylic acids is 1. The molecule has 2 aromatic carbocycles. The minimum atomic E-state index is -0.539. The molecule has 1 amide bonds. The van der Waals surface area contributed by atoms with E-state index >= 15 is 0 Å². The van der Waals surface area contributed by atoms with Gasteiger partial charge in [0.05, 0.1) is 17.8 Å². The maximum absolute atomic E-state index is 14.9. The lowest BCUT2D eigenvalue weighted by Gasteiger charge is -2.19. The van der Waals surface area contributed by atoms with Gasteiger partial charge in [0.15, 0.2) is 11.6 Å². The Balaban J connectivity index is 1.74. The molecule has 0 saturated carbocycles. The third-order valence-electron chi connectivity index (χ3n) is 4.62. The number of carbonyl (C=O) groups is 1. The zero-order valence-corrected chi connectivity index (χ0v) is 16.8. The van der Waals surface area contributed by atoms with Crippen molar-refractivity contribution in [2.75, 3.05) is 18.6 Å². The predicted molar refractivity (Wildman–Crippen MR) is 115 cm³/mol. The number of anilines is 1.